The van der Waals surface area contributed by atoms with Crippen molar-refractivity contribution < 1.29 is 0 Å². The molecule has 0 aliphatic rings. The van der Waals surface area contributed by atoms with Crippen molar-refractivity contribution in [3.8, 4) is 6.07 Å². The van der Waals surface area contributed by atoms with E-state index in [0.29, 0.717) is 5.56 Å². The smallest absolute Gasteiger partial charge is 0.0991 e. The molecule has 0 amide bonds. The molecule has 0 bridgehead atoms. The number of rotatable bonds is 1. The van der Waals surface area contributed by atoms with Crippen LogP contribution in [-0.2, 0) is 0 Å². The fraction of sp³-hybridized carbons (Fsp3) is 0.222. The van der Waals surface area contributed by atoms with Crippen molar-refractivity contribution in [3.05, 3.63) is 35.4 Å². The maximum atomic E-state index is 8.55. The summed E-state index contributed by atoms with van der Waals surface area (Å²) in [5.74, 6) is 0. The van der Waals surface area contributed by atoms with Gasteiger partial charge in [0.2, 0.25) is 0 Å². The van der Waals surface area contributed by atoms with Gasteiger partial charge in [0.05, 0.1) is 11.6 Å². The highest BCUT2D eigenvalue weighted by atomic mass is 14.6. The van der Waals surface area contributed by atoms with Crippen LogP contribution in [0.25, 0.3) is 0 Å². The number of benzene rings is 1. The second kappa shape index (κ2) is 3.18. The third kappa shape index (κ3) is 1.79. The van der Waals surface area contributed by atoms with Crippen LogP contribution in [0.3, 0.4) is 0 Å². The van der Waals surface area contributed by atoms with Gasteiger partial charge in [-0.2, -0.15) is 5.26 Å². The summed E-state index contributed by atoms with van der Waals surface area (Å²) in [5.41, 5.74) is 7.30. The van der Waals surface area contributed by atoms with Crippen LogP contribution in [-0.4, -0.2) is 0 Å². The van der Waals surface area contributed by atoms with E-state index in [1.165, 1.54) is 0 Å². The lowest BCUT2D eigenvalue weighted by Crippen LogP contribution is -2.04. The Kier molecular flexibility index (Phi) is 2.25. The Morgan fingerprint density at radius 3 is 2.82 bits per heavy atom. The zero-order valence-corrected chi connectivity index (χ0v) is 6.41. The highest BCUT2D eigenvalue weighted by Gasteiger charge is 1.98. The van der Waals surface area contributed by atoms with Crippen LogP contribution < -0.4 is 5.73 Å². The molecule has 11 heavy (non-hydrogen) atoms. The second-order valence-electron chi connectivity index (χ2n) is 2.53. The van der Waals surface area contributed by atoms with Crippen molar-refractivity contribution in [3.63, 3.8) is 0 Å². The Labute approximate surface area is 66.3 Å². The molecule has 56 valence electrons. The molecule has 2 heteroatoms. The van der Waals surface area contributed by atoms with E-state index < -0.39 is 0 Å². The average Bonchev–Trinajstić information content (AvgIpc) is 2.05. The van der Waals surface area contributed by atoms with Gasteiger partial charge in [-0.05, 0) is 24.6 Å². The zero-order valence-electron chi connectivity index (χ0n) is 6.41. The highest BCUT2D eigenvalue weighted by molar-refractivity contribution is 5.33. The first-order chi connectivity index (χ1) is 5.24. The van der Waals surface area contributed by atoms with E-state index in [4.69, 9.17) is 11.0 Å². The number of hydrogen-bond acceptors (Lipinski definition) is 2. The number of hydrogen-bond donors (Lipinski definition) is 1. The van der Waals surface area contributed by atoms with E-state index >= 15 is 0 Å². The SMILES string of the molecule is CC(N)c1cccc(C#N)c1. The van der Waals surface area contributed by atoms with Gasteiger partial charge < -0.3 is 5.73 Å². The molecule has 1 rings (SSSR count). The van der Waals surface area contributed by atoms with Gasteiger partial charge in [0.15, 0.2) is 0 Å². The van der Waals surface area contributed by atoms with Crippen molar-refractivity contribution in [2.45, 2.75) is 13.0 Å². The van der Waals surface area contributed by atoms with Crippen molar-refractivity contribution in [1.82, 2.24) is 0 Å². The fourth-order valence-electron chi connectivity index (χ4n) is 0.891. The summed E-state index contributed by atoms with van der Waals surface area (Å²) in [4.78, 5) is 0. The lowest BCUT2D eigenvalue weighted by atomic mass is 10.1. The molecule has 0 fully saturated rings. The molecule has 1 unspecified atom stereocenters. The zero-order chi connectivity index (χ0) is 8.27. The van der Waals surface area contributed by atoms with Crippen LogP contribution in [0.15, 0.2) is 24.3 Å². The normalized spacial score (nSPS) is 12.1. The Morgan fingerprint density at radius 1 is 1.55 bits per heavy atom. The van der Waals surface area contributed by atoms with Crippen LogP contribution in [0.2, 0.25) is 0 Å². The Bertz CT molecular complexity index is 284. The molecule has 1 atom stereocenters. The fourth-order valence-corrected chi connectivity index (χ4v) is 0.891. The van der Waals surface area contributed by atoms with Crippen molar-refractivity contribution in [1.29, 1.82) is 5.26 Å². The molecule has 0 aliphatic carbocycles. The number of nitriles is 1. The standard InChI is InChI=1S/C9H10N2/c1-7(11)9-4-2-3-8(5-9)6-10/h2-5,7H,11H2,1H3. The summed E-state index contributed by atoms with van der Waals surface area (Å²) in [5, 5.41) is 8.55. The predicted molar refractivity (Wildman–Crippen MR) is 43.8 cm³/mol. The van der Waals surface area contributed by atoms with Crippen molar-refractivity contribution in [2.24, 2.45) is 5.73 Å². The third-order valence-corrected chi connectivity index (χ3v) is 1.54. The highest BCUT2D eigenvalue weighted by Crippen LogP contribution is 2.10. The van der Waals surface area contributed by atoms with Gasteiger partial charge in [-0.1, -0.05) is 12.1 Å². The minimum absolute atomic E-state index is 0.00306. The molecule has 0 saturated carbocycles. The molecule has 0 aliphatic heterocycles. The first-order valence-electron chi connectivity index (χ1n) is 3.49. The van der Waals surface area contributed by atoms with Gasteiger partial charge in [-0.15, -0.1) is 0 Å². The number of nitrogens with two attached hydrogens (primary N) is 1. The van der Waals surface area contributed by atoms with Crippen molar-refractivity contribution >= 4 is 0 Å². The van der Waals surface area contributed by atoms with Crippen molar-refractivity contribution in [2.75, 3.05) is 0 Å². The molecule has 1 aromatic carbocycles. The quantitative estimate of drug-likeness (QED) is 0.653. The minimum Gasteiger partial charge on any atom is -0.324 e. The van der Waals surface area contributed by atoms with E-state index in [9.17, 15) is 0 Å². The van der Waals surface area contributed by atoms with E-state index in [1.807, 2.05) is 25.1 Å². The molecule has 0 spiro atoms. The molecule has 2 N–H and O–H groups in total. The maximum absolute atomic E-state index is 8.55. The van der Waals surface area contributed by atoms with E-state index in [-0.39, 0.29) is 6.04 Å². The van der Waals surface area contributed by atoms with Gasteiger partial charge in [0, 0.05) is 6.04 Å². The Hall–Kier alpha value is -1.33. The van der Waals surface area contributed by atoms with Crippen LogP contribution >= 0.6 is 0 Å². The Balaban J connectivity index is 3.03. The first kappa shape index (κ1) is 7.77. The summed E-state index contributed by atoms with van der Waals surface area (Å²) in [6, 6.07) is 9.42. The lowest BCUT2D eigenvalue weighted by Gasteiger charge is -2.03. The van der Waals surface area contributed by atoms with Crippen LogP contribution in [0.1, 0.15) is 24.1 Å². The second-order valence-corrected chi connectivity index (χ2v) is 2.53. The molecular weight excluding hydrogens is 136 g/mol. The molecule has 2 nitrogen and oxygen atoms in total. The van der Waals surface area contributed by atoms with E-state index in [0.717, 1.165) is 5.56 Å². The summed E-state index contributed by atoms with van der Waals surface area (Å²) in [6.45, 7) is 1.90. The van der Waals surface area contributed by atoms with E-state index in [1.54, 1.807) is 6.07 Å². The third-order valence-electron chi connectivity index (χ3n) is 1.54. The predicted octanol–water partition coefficient (Wildman–Crippen LogP) is 1.58. The summed E-state index contributed by atoms with van der Waals surface area (Å²) in [7, 11) is 0. The molecular formula is C9H10N2. The molecule has 0 radical (unpaired) electrons. The number of nitrogens with zero attached hydrogens (tertiary/aromatic N) is 1. The van der Waals surface area contributed by atoms with Gasteiger partial charge in [-0.3, -0.25) is 0 Å². The first-order valence-corrected chi connectivity index (χ1v) is 3.49. The Morgan fingerprint density at radius 2 is 2.27 bits per heavy atom. The molecule has 0 saturated heterocycles. The monoisotopic (exact) mass is 146 g/mol. The largest absolute Gasteiger partial charge is 0.324 e. The maximum Gasteiger partial charge on any atom is 0.0991 e. The molecule has 0 heterocycles. The topological polar surface area (TPSA) is 49.8 Å². The van der Waals surface area contributed by atoms with Crippen LogP contribution in [0.4, 0.5) is 0 Å². The molecule has 0 aromatic heterocycles. The summed E-state index contributed by atoms with van der Waals surface area (Å²) < 4.78 is 0. The van der Waals surface area contributed by atoms with Crippen LogP contribution in [0, 0.1) is 11.3 Å². The lowest BCUT2D eigenvalue weighted by molar-refractivity contribution is 0.818. The van der Waals surface area contributed by atoms with Gasteiger partial charge >= 0.3 is 0 Å². The summed E-state index contributed by atoms with van der Waals surface area (Å²) >= 11 is 0. The summed E-state index contributed by atoms with van der Waals surface area (Å²) in [6.07, 6.45) is 0. The van der Waals surface area contributed by atoms with E-state index in [2.05, 4.69) is 6.07 Å². The van der Waals surface area contributed by atoms with Gasteiger partial charge in [-0.25, -0.2) is 0 Å². The van der Waals surface area contributed by atoms with Gasteiger partial charge in [0.25, 0.3) is 0 Å². The molecule has 1 aromatic rings. The van der Waals surface area contributed by atoms with Gasteiger partial charge in [0.1, 0.15) is 0 Å². The van der Waals surface area contributed by atoms with Crippen LogP contribution in [0.5, 0.6) is 0 Å². The minimum atomic E-state index is 0.00306. The average molecular weight is 146 g/mol.